The molecule has 1 saturated heterocycles. The van der Waals surface area contributed by atoms with E-state index in [1.54, 1.807) is 0 Å². The van der Waals surface area contributed by atoms with Crippen molar-refractivity contribution in [2.45, 2.75) is 46.7 Å². The number of amides is 1. The smallest absolute Gasteiger partial charge is 0.227 e. The van der Waals surface area contributed by atoms with Crippen molar-refractivity contribution in [3.8, 4) is 0 Å². The van der Waals surface area contributed by atoms with E-state index >= 15 is 0 Å². The molecule has 7 nitrogen and oxygen atoms in total. The second kappa shape index (κ2) is 13.4. The van der Waals surface area contributed by atoms with Crippen LogP contribution in [0.2, 0.25) is 0 Å². The fourth-order valence-electron chi connectivity index (χ4n) is 5.25. The minimum atomic E-state index is 0.0507. The molecule has 0 spiro atoms. The van der Waals surface area contributed by atoms with Gasteiger partial charge in [-0.3, -0.25) is 9.69 Å². The van der Waals surface area contributed by atoms with Crippen LogP contribution in [-0.2, 0) is 17.9 Å². The van der Waals surface area contributed by atoms with E-state index in [4.69, 9.17) is 9.97 Å². The number of carbonyl (C=O) groups is 1. The molecule has 0 saturated carbocycles. The second-order valence-electron chi connectivity index (χ2n) is 12.8. The lowest BCUT2D eigenvalue weighted by Gasteiger charge is -2.31. The summed E-state index contributed by atoms with van der Waals surface area (Å²) in [7, 11) is 3.91. The summed E-state index contributed by atoms with van der Waals surface area (Å²) in [6.45, 7) is 10.0. The van der Waals surface area contributed by atoms with Gasteiger partial charge in [-0.2, -0.15) is 4.98 Å². The third-order valence-electron chi connectivity index (χ3n) is 7.77. The van der Waals surface area contributed by atoms with E-state index in [0.717, 1.165) is 66.0 Å². The Morgan fingerprint density at radius 3 is 2.35 bits per heavy atom. The van der Waals surface area contributed by atoms with Crippen molar-refractivity contribution in [3.05, 3.63) is 95.6 Å². The summed E-state index contributed by atoms with van der Waals surface area (Å²) < 4.78 is 0. The Kier molecular flexibility index (Phi) is 9.41. The van der Waals surface area contributed by atoms with Crippen molar-refractivity contribution >= 4 is 40.3 Å². The molecule has 1 aromatic heterocycles. The van der Waals surface area contributed by atoms with Crippen molar-refractivity contribution < 1.29 is 4.79 Å². The Morgan fingerprint density at radius 2 is 1.67 bits per heavy atom. The number of anilines is 3. The van der Waals surface area contributed by atoms with E-state index in [0.29, 0.717) is 12.5 Å². The lowest BCUT2D eigenvalue weighted by atomic mass is 9.95. The summed E-state index contributed by atoms with van der Waals surface area (Å²) in [6.07, 6.45) is 6.14. The van der Waals surface area contributed by atoms with Gasteiger partial charge in [0, 0.05) is 44.2 Å². The third-order valence-corrected chi connectivity index (χ3v) is 7.77. The van der Waals surface area contributed by atoms with Crippen molar-refractivity contribution in [2.75, 3.05) is 42.7 Å². The number of allylic oxidation sites excluding steroid dienone is 1. The van der Waals surface area contributed by atoms with Crippen molar-refractivity contribution in [3.63, 3.8) is 0 Å². The van der Waals surface area contributed by atoms with Crippen LogP contribution in [0.4, 0.5) is 17.5 Å². The molecule has 0 unspecified atom stereocenters. The Hall–Kier alpha value is -4.23. The Bertz CT molecular complexity index is 1550. The molecular formula is C36H44N6O. The third kappa shape index (κ3) is 8.42. The van der Waals surface area contributed by atoms with Gasteiger partial charge in [-0.25, -0.2) is 4.98 Å². The molecule has 2 N–H and O–H groups in total. The summed E-state index contributed by atoms with van der Waals surface area (Å²) in [6, 6.07) is 24.9. The number of aromatic nitrogens is 2. The van der Waals surface area contributed by atoms with Crippen LogP contribution < -0.4 is 15.5 Å². The van der Waals surface area contributed by atoms with Crippen molar-refractivity contribution in [1.82, 2.24) is 14.9 Å². The summed E-state index contributed by atoms with van der Waals surface area (Å²) in [5.41, 5.74) is 5.40. The van der Waals surface area contributed by atoms with Crippen LogP contribution in [0.15, 0.2) is 78.9 Å². The van der Waals surface area contributed by atoms with Crippen molar-refractivity contribution in [1.29, 1.82) is 0 Å². The molecule has 4 aromatic rings. The standard InChI is InChI=1S/C36H44N6O/c1-36(2,3)20-17-26-13-16-31-32(23-26)39-35(41(4)5)40-33(31)37-24-27-11-14-30(15-12-27)38-34(43)29-18-21-42(22-19-29)25-28-9-7-6-8-10-28/h6-17,20,23,29H,18-19,21-22,24-25H2,1-5H3,(H,38,43)(H,37,39,40). The molecular weight excluding hydrogens is 532 g/mol. The lowest BCUT2D eigenvalue weighted by molar-refractivity contribution is -0.121. The van der Waals surface area contributed by atoms with Crippen LogP contribution in [0.1, 0.15) is 50.3 Å². The average Bonchev–Trinajstić information content (AvgIpc) is 2.99. The van der Waals surface area contributed by atoms with Crippen LogP contribution in [-0.4, -0.2) is 48.0 Å². The van der Waals surface area contributed by atoms with Gasteiger partial charge in [0.25, 0.3) is 0 Å². The highest BCUT2D eigenvalue weighted by Gasteiger charge is 2.25. The average molecular weight is 577 g/mol. The second-order valence-corrected chi connectivity index (χ2v) is 12.8. The first-order chi connectivity index (χ1) is 20.6. The number of hydrogen-bond acceptors (Lipinski definition) is 6. The van der Waals surface area contributed by atoms with Crippen LogP contribution in [0, 0.1) is 11.3 Å². The molecule has 1 aliphatic heterocycles. The summed E-state index contributed by atoms with van der Waals surface area (Å²) >= 11 is 0. The normalized spacial score (nSPS) is 14.7. The quantitative estimate of drug-likeness (QED) is 0.219. The van der Waals surface area contributed by atoms with E-state index in [9.17, 15) is 4.79 Å². The monoisotopic (exact) mass is 576 g/mol. The first kappa shape index (κ1) is 30.2. The number of piperidine rings is 1. The molecule has 5 rings (SSSR count). The van der Waals surface area contributed by atoms with Crippen LogP contribution >= 0.6 is 0 Å². The fraction of sp³-hybridized carbons (Fsp3) is 0.361. The molecule has 2 heterocycles. The predicted molar refractivity (Wildman–Crippen MR) is 179 cm³/mol. The van der Waals surface area contributed by atoms with Gasteiger partial charge in [0.05, 0.1) is 5.52 Å². The first-order valence-corrected chi connectivity index (χ1v) is 15.2. The van der Waals surface area contributed by atoms with Crippen LogP contribution in [0.3, 0.4) is 0 Å². The topological polar surface area (TPSA) is 73.4 Å². The van der Waals surface area contributed by atoms with Crippen molar-refractivity contribution in [2.24, 2.45) is 11.3 Å². The van der Waals surface area contributed by atoms with Gasteiger partial charge in [0.1, 0.15) is 5.82 Å². The largest absolute Gasteiger partial charge is 0.365 e. The van der Waals surface area contributed by atoms with E-state index in [1.165, 1.54) is 5.56 Å². The number of carbonyl (C=O) groups excluding carboxylic acids is 1. The molecule has 43 heavy (non-hydrogen) atoms. The number of rotatable bonds is 9. The van der Waals surface area contributed by atoms with E-state index < -0.39 is 0 Å². The Labute approximate surface area is 256 Å². The van der Waals surface area contributed by atoms with Gasteiger partial charge >= 0.3 is 0 Å². The molecule has 3 aromatic carbocycles. The predicted octanol–water partition coefficient (Wildman–Crippen LogP) is 7.22. The Morgan fingerprint density at radius 1 is 0.953 bits per heavy atom. The highest BCUT2D eigenvalue weighted by molar-refractivity contribution is 5.93. The molecule has 0 bridgehead atoms. The SMILES string of the molecule is CN(C)c1nc(NCc2ccc(NC(=O)C3CCN(Cc4ccccc4)CC3)cc2)c2ccc(C=CC(C)(C)C)cc2n1. The summed E-state index contributed by atoms with van der Waals surface area (Å²) in [5, 5.41) is 7.64. The molecule has 1 aliphatic rings. The van der Waals surface area contributed by atoms with Gasteiger partial charge in [0.2, 0.25) is 11.9 Å². The maximum Gasteiger partial charge on any atom is 0.227 e. The molecule has 0 radical (unpaired) electrons. The van der Waals surface area contributed by atoms with Gasteiger partial charge in [-0.15, -0.1) is 0 Å². The zero-order valence-electron chi connectivity index (χ0n) is 26.1. The minimum Gasteiger partial charge on any atom is -0.365 e. The van der Waals surface area contributed by atoms with Crippen LogP contribution in [0.25, 0.3) is 17.0 Å². The van der Waals surface area contributed by atoms with Gasteiger partial charge in [-0.05, 0) is 72.3 Å². The molecule has 1 amide bonds. The highest BCUT2D eigenvalue weighted by atomic mass is 16.1. The number of hydrogen-bond donors (Lipinski definition) is 2. The van der Waals surface area contributed by atoms with E-state index in [2.05, 4.69) is 103 Å². The first-order valence-electron chi connectivity index (χ1n) is 15.2. The van der Waals surface area contributed by atoms with Gasteiger partial charge < -0.3 is 15.5 Å². The molecule has 1 fully saturated rings. The van der Waals surface area contributed by atoms with E-state index in [1.807, 2.05) is 37.2 Å². The van der Waals surface area contributed by atoms with Crippen LogP contribution in [0.5, 0.6) is 0 Å². The van der Waals surface area contributed by atoms with Gasteiger partial charge in [0.15, 0.2) is 0 Å². The lowest BCUT2D eigenvalue weighted by Crippen LogP contribution is -2.37. The number of nitrogens with zero attached hydrogens (tertiary/aromatic N) is 4. The Balaban J connectivity index is 1.18. The maximum atomic E-state index is 13.0. The minimum absolute atomic E-state index is 0.0507. The number of likely N-dealkylation sites (tertiary alicyclic amines) is 1. The van der Waals surface area contributed by atoms with Gasteiger partial charge in [-0.1, -0.05) is 81.5 Å². The number of nitrogens with one attached hydrogen (secondary N) is 2. The maximum absolute atomic E-state index is 13.0. The highest BCUT2D eigenvalue weighted by Crippen LogP contribution is 2.27. The summed E-state index contributed by atoms with van der Waals surface area (Å²) in [5.74, 6) is 1.63. The van der Waals surface area contributed by atoms with E-state index in [-0.39, 0.29) is 17.2 Å². The zero-order chi connectivity index (χ0) is 30.4. The molecule has 0 atom stereocenters. The summed E-state index contributed by atoms with van der Waals surface area (Å²) in [4.78, 5) is 26.9. The fourth-order valence-corrected chi connectivity index (χ4v) is 5.25. The zero-order valence-corrected chi connectivity index (χ0v) is 26.1. The molecule has 224 valence electrons. The number of fused-ring (bicyclic) bond motifs is 1. The number of benzene rings is 3. The molecule has 0 aliphatic carbocycles. The molecule has 7 heteroatoms.